The van der Waals surface area contributed by atoms with Gasteiger partial charge in [-0.25, -0.2) is 0 Å². The van der Waals surface area contributed by atoms with Gasteiger partial charge in [-0.1, -0.05) is 0 Å². The number of carbonyl (C=O) groups excluding carboxylic acids is 2. The van der Waals surface area contributed by atoms with Crippen molar-refractivity contribution in [2.75, 3.05) is 40.0 Å². The first-order chi connectivity index (χ1) is 9.08. The molecule has 0 aromatic carbocycles. The number of carbonyl (C=O) groups is 2. The monoisotopic (exact) mass is 273 g/mol. The van der Waals surface area contributed by atoms with Crippen LogP contribution in [-0.4, -0.2) is 57.4 Å². The highest BCUT2D eigenvalue weighted by atomic mass is 16.5. The van der Waals surface area contributed by atoms with Crippen LogP contribution >= 0.6 is 0 Å². The number of methoxy groups -OCH3 is 1. The van der Waals surface area contributed by atoms with Crippen molar-refractivity contribution in [2.24, 2.45) is 5.73 Å². The molecule has 7 nitrogen and oxygen atoms in total. The molecule has 110 valence electrons. The lowest BCUT2D eigenvalue weighted by molar-refractivity contribution is -0.129. The second-order valence-corrected chi connectivity index (χ2v) is 4.62. The number of nitrogens with two attached hydrogens (primary N) is 1. The molecule has 0 unspecified atom stereocenters. The van der Waals surface area contributed by atoms with Crippen LogP contribution in [0.1, 0.15) is 19.3 Å². The third-order valence-corrected chi connectivity index (χ3v) is 3.10. The molecule has 1 fully saturated rings. The van der Waals surface area contributed by atoms with Crippen molar-refractivity contribution >= 4 is 11.8 Å². The summed E-state index contributed by atoms with van der Waals surface area (Å²) in [4.78, 5) is 23.3. The molecule has 1 rings (SSSR count). The zero-order valence-electron chi connectivity index (χ0n) is 11.4. The number of amides is 2. The van der Waals surface area contributed by atoms with Gasteiger partial charge in [-0.15, -0.1) is 0 Å². The molecule has 0 aromatic heterocycles. The van der Waals surface area contributed by atoms with Gasteiger partial charge in [0.25, 0.3) is 0 Å². The number of nitrogens with one attached hydrogen (secondary N) is 2. The first kappa shape index (κ1) is 15.9. The van der Waals surface area contributed by atoms with Gasteiger partial charge in [0.2, 0.25) is 11.8 Å². The van der Waals surface area contributed by atoms with E-state index in [2.05, 4.69) is 10.6 Å². The SMILES string of the molecule is COCCNC(=O)CCNC(=O)C1(N)CCOCC1. The smallest absolute Gasteiger partial charge is 0.240 e. The minimum absolute atomic E-state index is 0.115. The van der Waals surface area contributed by atoms with Crippen LogP contribution in [0.25, 0.3) is 0 Å². The lowest BCUT2D eigenvalue weighted by Crippen LogP contribution is -2.57. The Hall–Kier alpha value is -1.18. The molecule has 0 radical (unpaired) electrons. The summed E-state index contributed by atoms with van der Waals surface area (Å²) < 4.78 is 9.99. The Labute approximate surface area is 113 Å². The van der Waals surface area contributed by atoms with Crippen molar-refractivity contribution in [3.05, 3.63) is 0 Å². The average Bonchev–Trinajstić information content (AvgIpc) is 2.40. The van der Waals surface area contributed by atoms with Gasteiger partial charge in [-0.3, -0.25) is 9.59 Å². The highest BCUT2D eigenvalue weighted by Crippen LogP contribution is 2.17. The average molecular weight is 273 g/mol. The lowest BCUT2D eigenvalue weighted by Gasteiger charge is -2.31. The number of hydrogen-bond acceptors (Lipinski definition) is 5. The second-order valence-electron chi connectivity index (χ2n) is 4.62. The van der Waals surface area contributed by atoms with Gasteiger partial charge in [0.15, 0.2) is 0 Å². The van der Waals surface area contributed by atoms with E-state index >= 15 is 0 Å². The summed E-state index contributed by atoms with van der Waals surface area (Å²) in [6, 6.07) is 0. The van der Waals surface area contributed by atoms with E-state index < -0.39 is 5.54 Å². The summed E-state index contributed by atoms with van der Waals surface area (Å²) >= 11 is 0. The first-order valence-corrected chi connectivity index (χ1v) is 6.49. The molecule has 19 heavy (non-hydrogen) atoms. The molecule has 4 N–H and O–H groups in total. The third kappa shape index (κ3) is 5.54. The Balaban J connectivity index is 2.17. The van der Waals surface area contributed by atoms with Crippen LogP contribution < -0.4 is 16.4 Å². The molecule has 0 bridgehead atoms. The van der Waals surface area contributed by atoms with Gasteiger partial charge in [-0.05, 0) is 12.8 Å². The van der Waals surface area contributed by atoms with E-state index in [1.807, 2.05) is 0 Å². The molecular formula is C12H23N3O4. The molecule has 0 atom stereocenters. The Kier molecular flexibility index (Phi) is 6.75. The van der Waals surface area contributed by atoms with E-state index in [-0.39, 0.29) is 24.8 Å². The van der Waals surface area contributed by atoms with Crippen molar-refractivity contribution in [3.8, 4) is 0 Å². The molecule has 0 aliphatic carbocycles. The molecular weight excluding hydrogens is 250 g/mol. The number of rotatable bonds is 7. The van der Waals surface area contributed by atoms with Gasteiger partial charge in [0, 0.05) is 39.8 Å². The van der Waals surface area contributed by atoms with Gasteiger partial charge in [0.05, 0.1) is 12.1 Å². The largest absolute Gasteiger partial charge is 0.383 e. The third-order valence-electron chi connectivity index (χ3n) is 3.10. The maximum atomic E-state index is 11.9. The predicted molar refractivity (Wildman–Crippen MR) is 69.5 cm³/mol. The molecule has 0 saturated carbocycles. The minimum Gasteiger partial charge on any atom is -0.383 e. The van der Waals surface area contributed by atoms with Crippen LogP contribution in [0.4, 0.5) is 0 Å². The van der Waals surface area contributed by atoms with E-state index in [0.717, 1.165) is 0 Å². The fourth-order valence-corrected chi connectivity index (χ4v) is 1.81. The Morgan fingerprint density at radius 3 is 2.58 bits per heavy atom. The number of ether oxygens (including phenoxy) is 2. The van der Waals surface area contributed by atoms with E-state index in [1.54, 1.807) is 7.11 Å². The van der Waals surface area contributed by atoms with Crippen LogP contribution in [0.3, 0.4) is 0 Å². The molecule has 0 spiro atoms. The van der Waals surface area contributed by atoms with E-state index in [4.69, 9.17) is 15.2 Å². The summed E-state index contributed by atoms with van der Waals surface area (Å²) in [5.41, 5.74) is 5.15. The molecule has 1 heterocycles. The topological polar surface area (TPSA) is 103 Å². The van der Waals surface area contributed by atoms with Crippen molar-refractivity contribution in [2.45, 2.75) is 24.8 Å². The first-order valence-electron chi connectivity index (χ1n) is 6.49. The van der Waals surface area contributed by atoms with Gasteiger partial charge >= 0.3 is 0 Å². The van der Waals surface area contributed by atoms with Crippen LogP contribution in [-0.2, 0) is 19.1 Å². The summed E-state index contributed by atoms with van der Waals surface area (Å²) in [6.07, 6.45) is 1.26. The maximum absolute atomic E-state index is 11.9. The summed E-state index contributed by atoms with van der Waals surface area (Å²) in [5, 5.41) is 5.38. The molecule has 2 amide bonds. The predicted octanol–water partition coefficient (Wildman–Crippen LogP) is -1.24. The zero-order chi connectivity index (χ0) is 14.1. The van der Waals surface area contributed by atoms with Gasteiger partial charge in [-0.2, -0.15) is 0 Å². The summed E-state index contributed by atoms with van der Waals surface area (Å²) in [5.74, 6) is -0.323. The summed E-state index contributed by atoms with van der Waals surface area (Å²) in [6.45, 7) is 2.24. The Morgan fingerprint density at radius 2 is 1.95 bits per heavy atom. The van der Waals surface area contributed by atoms with Crippen LogP contribution in [0.2, 0.25) is 0 Å². The van der Waals surface area contributed by atoms with Crippen LogP contribution in [0.15, 0.2) is 0 Å². The van der Waals surface area contributed by atoms with Crippen molar-refractivity contribution in [1.29, 1.82) is 0 Å². The quantitative estimate of drug-likeness (QED) is 0.504. The van der Waals surface area contributed by atoms with E-state index in [0.29, 0.717) is 39.2 Å². The fraction of sp³-hybridized carbons (Fsp3) is 0.833. The highest BCUT2D eigenvalue weighted by molar-refractivity contribution is 5.86. The maximum Gasteiger partial charge on any atom is 0.240 e. The van der Waals surface area contributed by atoms with Crippen LogP contribution in [0, 0.1) is 0 Å². The number of hydrogen-bond donors (Lipinski definition) is 3. The standard InChI is InChI=1S/C12H23N3O4/c1-18-9-6-14-10(16)2-5-15-11(17)12(13)3-7-19-8-4-12/h2-9,13H2,1H3,(H,14,16)(H,15,17). The molecule has 0 aromatic rings. The summed E-state index contributed by atoms with van der Waals surface area (Å²) in [7, 11) is 1.57. The van der Waals surface area contributed by atoms with Crippen molar-refractivity contribution in [1.82, 2.24) is 10.6 Å². The minimum atomic E-state index is -0.856. The second kappa shape index (κ2) is 8.08. The molecule has 1 saturated heterocycles. The van der Waals surface area contributed by atoms with E-state index in [9.17, 15) is 9.59 Å². The van der Waals surface area contributed by atoms with Crippen LogP contribution in [0.5, 0.6) is 0 Å². The van der Waals surface area contributed by atoms with Gasteiger partial charge in [0.1, 0.15) is 0 Å². The van der Waals surface area contributed by atoms with Gasteiger partial charge < -0.3 is 25.8 Å². The van der Waals surface area contributed by atoms with E-state index in [1.165, 1.54) is 0 Å². The normalized spacial score (nSPS) is 17.8. The Bertz CT molecular complexity index is 303. The fourth-order valence-electron chi connectivity index (χ4n) is 1.81. The van der Waals surface area contributed by atoms with Crippen molar-refractivity contribution in [3.63, 3.8) is 0 Å². The molecule has 7 heteroatoms. The van der Waals surface area contributed by atoms with Crippen molar-refractivity contribution < 1.29 is 19.1 Å². The lowest BCUT2D eigenvalue weighted by atomic mass is 9.90. The molecule has 1 aliphatic rings. The molecule has 1 aliphatic heterocycles. The zero-order valence-corrected chi connectivity index (χ0v) is 11.4. The highest BCUT2D eigenvalue weighted by Gasteiger charge is 2.35. The Morgan fingerprint density at radius 1 is 1.26 bits per heavy atom.